The lowest BCUT2D eigenvalue weighted by molar-refractivity contribution is -0.145. The molecule has 0 aliphatic rings. The molecule has 2 unspecified atom stereocenters. The van der Waals surface area contributed by atoms with Gasteiger partial charge in [-0.15, -0.1) is 0 Å². The highest BCUT2D eigenvalue weighted by molar-refractivity contribution is 5.72. The number of aliphatic carboxylic acids is 2. The Labute approximate surface area is 83.9 Å². The lowest BCUT2D eigenvalue weighted by atomic mass is 9.84. The fraction of sp³-hybridized carbons (Fsp3) is 0.800. The van der Waals surface area contributed by atoms with Gasteiger partial charge in [0.05, 0.1) is 5.92 Å². The molecule has 0 aromatic rings. The standard InChI is InChI=1S/C10H18O4/c1-6(2)4-8(5-9(11)12)7(3)10(13)14/h6-8H,4-5H2,1-3H3,(H,11,12)(H,13,14). The van der Waals surface area contributed by atoms with Crippen LogP contribution in [0.4, 0.5) is 0 Å². The van der Waals surface area contributed by atoms with Crippen molar-refractivity contribution in [2.45, 2.75) is 33.6 Å². The average Bonchev–Trinajstić information content (AvgIpc) is 1.99. The van der Waals surface area contributed by atoms with Crippen molar-refractivity contribution in [3.05, 3.63) is 0 Å². The molecule has 0 bridgehead atoms. The van der Waals surface area contributed by atoms with Gasteiger partial charge in [0.1, 0.15) is 0 Å². The van der Waals surface area contributed by atoms with Crippen LogP contribution in [0.25, 0.3) is 0 Å². The van der Waals surface area contributed by atoms with E-state index < -0.39 is 17.9 Å². The van der Waals surface area contributed by atoms with Gasteiger partial charge in [-0.25, -0.2) is 0 Å². The van der Waals surface area contributed by atoms with E-state index in [1.807, 2.05) is 13.8 Å². The van der Waals surface area contributed by atoms with E-state index in [-0.39, 0.29) is 12.3 Å². The van der Waals surface area contributed by atoms with E-state index in [4.69, 9.17) is 10.2 Å². The highest BCUT2D eigenvalue weighted by Gasteiger charge is 2.26. The minimum Gasteiger partial charge on any atom is -0.481 e. The summed E-state index contributed by atoms with van der Waals surface area (Å²) in [4.78, 5) is 21.2. The van der Waals surface area contributed by atoms with E-state index in [2.05, 4.69) is 0 Å². The fourth-order valence-electron chi connectivity index (χ4n) is 1.50. The molecule has 0 aromatic carbocycles. The number of carboxylic acid groups (broad SMARTS) is 2. The third-order valence-corrected chi connectivity index (χ3v) is 2.31. The zero-order valence-corrected chi connectivity index (χ0v) is 8.86. The topological polar surface area (TPSA) is 74.6 Å². The van der Waals surface area contributed by atoms with Crippen molar-refractivity contribution in [1.82, 2.24) is 0 Å². The smallest absolute Gasteiger partial charge is 0.306 e. The van der Waals surface area contributed by atoms with Crippen LogP contribution in [-0.4, -0.2) is 22.2 Å². The van der Waals surface area contributed by atoms with Crippen molar-refractivity contribution in [2.24, 2.45) is 17.8 Å². The lowest BCUT2D eigenvalue weighted by Gasteiger charge is -2.20. The molecular weight excluding hydrogens is 184 g/mol. The molecule has 0 aromatic heterocycles. The lowest BCUT2D eigenvalue weighted by Crippen LogP contribution is -2.24. The minimum absolute atomic E-state index is 0.0638. The first kappa shape index (κ1) is 12.9. The number of carboxylic acids is 2. The molecule has 4 heteroatoms. The Balaban J connectivity index is 4.37. The van der Waals surface area contributed by atoms with Gasteiger partial charge < -0.3 is 10.2 Å². The second-order valence-electron chi connectivity index (χ2n) is 4.11. The Kier molecular flexibility index (Phi) is 5.20. The molecule has 0 aliphatic carbocycles. The molecule has 0 spiro atoms. The first-order valence-corrected chi connectivity index (χ1v) is 4.79. The molecule has 82 valence electrons. The molecule has 4 nitrogen and oxygen atoms in total. The van der Waals surface area contributed by atoms with E-state index in [1.54, 1.807) is 6.92 Å². The third kappa shape index (κ3) is 4.84. The largest absolute Gasteiger partial charge is 0.481 e. The van der Waals surface area contributed by atoms with Gasteiger partial charge in [0.15, 0.2) is 0 Å². The first-order chi connectivity index (χ1) is 6.34. The fourth-order valence-corrected chi connectivity index (χ4v) is 1.50. The van der Waals surface area contributed by atoms with Gasteiger partial charge in [-0.1, -0.05) is 20.8 Å². The Morgan fingerprint density at radius 2 is 1.64 bits per heavy atom. The van der Waals surface area contributed by atoms with Crippen LogP contribution in [0.15, 0.2) is 0 Å². The second-order valence-corrected chi connectivity index (χ2v) is 4.11. The van der Waals surface area contributed by atoms with Crippen LogP contribution in [0.1, 0.15) is 33.6 Å². The Morgan fingerprint density at radius 1 is 1.14 bits per heavy atom. The van der Waals surface area contributed by atoms with Gasteiger partial charge in [-0.3, -0.25) is 9.59 Å². The molecule has 2 N–H and O–H groups in total. The molecule has 0 amide bonds. The molecule has 0 fully saturated rings. The van der Waals surface area contributed by atoms with Crippen molar-refractivity contribution in [3.8, 4) is 0 Å². The maximum absolute atomic E-state index is 10.7. The van der Waals surface area contributed by atoms with Crippen molar-refractivity contribution < 1.29 is 19.8 Å². The molecule has 0 rings (SSSR count). The van der Waals surface area contributed by atoms with Crippen molar-refractivity contribution in [3.63, 3.8) is 0 Å². The molecule has 14 heavy (non-hydrogen) atoms. The van der Waals surface area contributed by atoms with Gasteiger partial charge in [-0.05, 0) is 18.3 Å². The van der Waals surface area contributed by atoms with Gasteiger partial charge in [-0.2, -0.15) is 0 Å². The second kappa shape index (κ2) is 5.62. The van der Waals surface area contributed by atoms with Crippen LogP contribution in [0, 0.1) is 17.8 Å². The van der Waals surface area contributed by atoms with E-state index in [9.17, 15) is 9.59 Å². The molecule has 0 heterocycles. The third-order valence-electron chi connectivity index (χ3n) is 2.31. The molecule has 0 aliphatic heterocycles. The molecule has 0 saturated heterocycles. The Bertz CT molecular complexity index is 210. The summed E-state index contributed by atoms with van der Waals surface area (Å²) in [6.45, 7) is 5.49. The maximum atomic E-state index is 10.7. The average molecular weight is 202 g/mol. The van der Waals surface area contributed by atoms with E-state index >= 15 is 0 Å². The van der Waals surface area contributed by atoms with Crippen molar-refractivity contribution in [2.75, 3.05) is 0 Å². The predicted molar refractivity (Wildman–Crippen MR) is 52.0 cm³/mol. The number of carbonyl (C=O) groups is 2. The summed E-state index contributed by atoms with van der Waals surface area (Å²) in [5, 5.41) is 17.4. The summed E-state index contributed by atoms with van der Waals surface area (Å²) < 4.78 is 0. The van der Waals surface area contributed by atoms with Gasteiger partial charge in [0, 0.05) is 6.42 Å². The number of hydrogen-bond donors (Lipinski definition) is 2. The van der Waals surface area contributed by atoms with E-state index in [0.29, 0.717) is 12.3 Å². The normalized spacial score (nSPS) is 15.1. The summed E-state index contributed by atoms with van der Waals surface area (Å²) in [5.41, 5.74) is 0. The Hall–Kier alpha value is -1.06. The summed E-state index contributed by atoms with van der Waals surface area (Å²) in [6, 6.07) is 0. The molecule has 0 saturated carbocycles. The molecule has 0 radical (unpaired) electrons. The van der Waals surface area contributed by atoms with E-state index in [1.165, 1.54) is 0 Å². The van der Waals surface area contributed by atoms with E-state index in [0.717, 1.165) is 0 Å². The van der Waals surface area contributed by atoms with Crippen LogP contribution < -0.4 is 0 Å². The minimum atomic E-state index is -0.927. The predicted octanol–water partition coefficient (Wildman–Crippen LogP) is 1.84. The quantitative estimate of drug-likeness (QED) is 0.689. The van der Waals surface area contributed by atoms with Crippen LogP contribution >= 0.6 is 0 Å². The van der Waals surface area contributed by atoms with Gasteiger partial charge >= 0.3 is 11.9 Å². The SMILES string of the molecule is CC(C)CC(CC(=O)O)C(C)C(=O)O. The van der Waals surface area contributed by atoms with Crippen LogP contribution in [0.5, 0.6) is 0 Å². The van der Waals surface area contributed by atoms with Gasteiger partial charge in [0.25, 0.3) is 0 Å². The molecular formula is C10H18O4. The zero-order chi connectivity index (χ0) is 11.3. The zero-order valence-electron chi connectivity index (χ0n) is 8.86. The van der Waals surface area contributed by atoms with Crippen molar-refractivity contribution in [1.29, 1.82) is 0 Å². The summed E-state index contributed by atoms with van der Waals surface area (Å²) in [5.74, 6) is -2.39. The van der Waals surface area contributed by atoms with Crippen LogP contribution in [0.2, 0.25) is 0 Å². The maximum Gasteiger partial charge on any atom is 0.306 e. The van der Waals surface area contributed by atoms with Crippen LogP contribution in [0.3, 0.4) is 0 Å². The number of rotatable bonds is 6. The van der Waals surface area contributed by atoms with Gasteiger partial charge in [0.2, 0.25) is 0 Å². The Morgan fingerprint density at radius 3 is 1.93 bits per heavy atom. The summed E-state index contributed by atoms with van der Waals surface area (Å²) in [7, 11) is 0. The highest BCUT2D eigenvalue weighted by atomic mass is 16.4. The molecule has 2 atom stereocenters. The highest BCUT2D eigenvalue weighted by Crippen LogP contribution is 2.24. The summed E-state index contributed by atoms with van der Waals surface area (Å²) >= 11 is 0. The monoisotopic (exact) mass is 202 g/mol. The first-order valence-electron chi connectivity index (χ1n) is 4.79. The van der Waals surface area contributed by atoms with Crippen LogP contribution in [-0.2, 0) is 9.59 Å². The number of hydrogen-bond acceptors (Lipinski definition) is 2. The van der Waals surface area contributed by atoms with Crippen molar-refractivity contribution >= 4 is 11.9 Å². The summed E-state index contributed by atoms with van der Waals surface area (Å²) in [6.07, 6.45) is 0.575.